The van der Waals surface area contributed by atoms with Crippen molar-refractivity contribution in [2.45, 2.75) is 18.9 Å². The van der Waals surface area contributed by atoms with E-state index < -0.39 is 23.2 Å². The second-order valence-corrected chi connectivity index (χ2v) is 6.89. The number of carbonyl (C=O) groups excluding carboxylic acids is 2. The zero-order valence-corrected chi connectivity index (χ0v) is 14.8. The van der Waals surface area contributed by atoms with Gasteiger partial charge in [-0.1, -0.05) is 30.3 Å². The van der Waals surface area contributed by atoms with E-state index in [1.165, 1.54) is 17.0 Å². The molecule has 3 aromatic rings. The van der Waals surface area contributed by atoms with Crippen LogP contribution in [-0.4, -0.2) is 33.9 Å². The molecule has 0 N–H and O–H groups in total. The average molecular weight is 365 g/mol. The first-order valence-corrected chi connectivity index (χ1v) is 8.42. The van der Waals surface area contributed by atoms with E-state index in [1.807, 2.05) is 30.3 Å². The topological polar surface area (TPSA) is 71.7 Å². The zero-order chi connectivity index (χ0) is 19.3. The van der Waals surface area contributed by atoms with Crippen LogP contribution in [0.4, 0.5) is 10.1 Å². The number of aromatic nitrogens is 1. The van der Waals surface area contributed by atoms with E-state index in [-0.39, 0.29) is 28.7 Å². The molecule has 1 amide bonds. The van der Waals surface area contributed by atoms with Crippen molar-refractivity contribution < 1.29 is 14.0 Å². The summed E-state index contributed by atoms with van der Waals surface area (Å²) in [6.45, 7) is 1.66. The Hall–Kier alpha value is -3.35. The molecule has 0 saturated heterocycles. The third-order valence-electron chi connectivity index (χ3n) is 5.31. The van der Waals surface area contributed by atoms with E-state index in [1.54, 1.807) is 14.0 Å². The van der Waals surface area contributed by atoms with Gasteiger partial charge in [0.2, 0.25) is 0 Å². The first kappa shape index (κ1) is 17.1. The van der Waals surface area contributed by atoms with Crippen LogP contribution in [0.15, 0.2) is 53.7 Å². The van der Waals surface area contributed by atoms with Crippen LogP contribution in [0.1, 0.15) is 27.8 Å². The SMILES string of the molecule is CN1C(=O)c2cc3c(N=O)ccc(F)c3n2C(=O)C1(C)Cc1ccccc1. The van der Waals surface area contributed by atoms with Crippen LogP contribution < -0.4 is 0 Å². The van der Waals surface area contributed by atoms with Crippen LogP contribution in [0.25, 0.3) is 10.9 Å². The Morgan fingerprint density at radius 2 is 1.81 bits per heavy atom. The Balaban J connectivity index is 1.96. The summed E-state index contributed by atoms with van der Waals surface area (Å²) < 4.78 is 15.6. The molecule has 1 aromatic heterocycles. The van der Waals surface area contributed by atoms with E-state index in [2.05, 4.69) is 5.18 Å². The predicted molar refractivity (Wildman–Crippen MR) is 98.6 cm³/mol. The van der Waals surface area contributed by atoms with Gasteiger partial charge in [-0.15, -0.1) is 4.91 Å². The molecule has 0 fully saturated rings. The maximum absolute atomic E-state index is 14.6. The van der Waals surface area contributed by atoms with Crippen LogP contribution in [0.3, 0.4) is 0 Å². The molecule has 0 aliphatic carbocycles. The number of fused-ring (bicyclic) bond motifs is 3. The lowest BCUT2D eigenvalue weighted by atomic mass is 9.88. The second kappa shape index (κ2) is 5.84. The fourth-order valence-corrected chi connectivity index (χ4v) is 3.68. The van der Waals surface area contributed by atoms with Gasteiger partial charge in [-0.3, -0.25) is 14.2 Å². The fourth-order valence-electron chi connectivity index (χ4n) is 3.68. The van der Waals surface area contributed by atoms with E-state index in [0.29, 0.717) is 0 Å². The quantitative estimate of drug-likeness (QED) is 0.661. The normalized spacial score (nSPS) is 19.4. The second-order valence-electron chi connectivity index (χ2n) is 6.89. The number of carbonyl (C=O) groups is 2. The van der Waals surface area contributed by atoms with Gasteiger partial charge >= 0.3 is 0 Å². The van der Waals surface area contributed by atoms with Crippen LogP contribution in [0.5, 0.6) is 0 Å². The van der Waals surface area contributed by atoms with Crippen LogP contribution in [0.2, 0.25) is 0 Å². The molecule has 4 rings (SSSR count). The highest BCUT2D eigenvalue weighted by atomic mass is 19.1. The number of amides is 1. The van der Waals surface area contributed by atoms with Crippen molar-refractivity contribution in [3.63, 3.8) is 0 Å². The summed E-state index contributed by atoms with van der Waals surface area (Å²) in [5, 5.41) is 3.04. The van der Waals surface area contributed by atoms with Gasteiger partial charge in [-0.25, -0.2) is 4.39 Å². The Bertz CT molecular complexity index is 1110. The molecule has 2 aromatic carbocycles. The number of nitrogens with zero attached hydrogens (tertiary/aromatic N) is 3. The molecule has 27 heavy (non-hydrogen) atoms. The third-order valence-corrected chi connectivity index (χ3v) is 5.31. The smallest absolute Gasteiger partial charge is 0.271 e. The maximum Gasteiger partial charge on any atom is 0.271 e. The molecular formula is C20H16FN3O3. The lowest BCUT2D eigenvalue weighted by molar-refractivity contribution is 0.0388. The molecule has 136 valence electrons. The summed E-state index contributed by atoms with van der Waals surface area (Å²) >= 11 is 0. The molecule has 1 aliphatic heterocycles. The summed E-state index contributed by atoms with van der Waals surface area (Å²) in [5.41, 5.74) is -0.398. The number of nitroso groups, excluding NO2 is 1. The minimum atomic E-state index is -1.20. The van der Waals surface area contributed by atoms with Gasteiger partial charge in [-0.05, 0) is 35.9 Å². The van der Waals surface area contributed by atoms with Crippen LogP contribution in [0, 0.1) is 10.7 Å². The highest BCUT2D eigenvalue weighted by Gasteiger charge is 2.48. The molecular weight excluding hydrogens is 349 g/mol. The van der Waals surface area contributed by atoms with Gasteiger partial charge in [0.15, 0.2) is 0 Å². The minimum Gasteiger partial charge on any atom is -0.326 e. The van der Waals surface area contributed by atoms with Crippen molar-refractivity contribution in [3.8, 4) is 0 Å². The monoisotopic (exact) mass is 365 g/mol. The Morgan fingerprint density at radius 1 is 1.11 bits per heavy atom. The maximum atomic E-state index is 14.6. The highest BCUT2D eigenvalue weighted by molar-refractivity contribution is 6.13. The summed E-state index contributed by atoms with van der Waals surface area (Å²) in [5.74, 6) is -1.53. The van der Waals surface area contributed by atoms with Crippen molar-refractivity contribution in [2.24, 2.45) is 5.18 Å². The van der Waals surface area contributed by atoms with Crippen LogP contribution in [-0.2, 0) is 6.42 Å². The molecule has 6 nitrogen and oxygen atoms in total. The third kappa shape index (κ3) is 2.31. The number of hydrogen-bond donors (Lipinski definition) is 0. The molecule has 1 atom stereocenters. The summed E-state index contributed by atoms with van der Waals surface area (Å²) in [4.78, 5) is 38.8. The van der Waals surface area contributed by atoms with Crippen molar-refractivity contribution in [1.82, 2.24) is 9.47 Å². The zero-order valence-electron chi connectivity index (χ0n) is 14.8. The number of halogens is 1. The summed E-state index contributed by atoms with van der Waals surface area (Å²) in [6, 6.07) is 13.0. The Morgan fingerprint density at radius 3 is 2.48 bits per heavy atom. The molecule has 7 heteroatoms. The van der Waals surface area contributed by atoms with Crippen LogP contribution >= 0.6 is 0 Å². The lowest BCUT2D eigenvalue weighted by Crippen LogP contribution is -2.60. The Kier molecular flexibility index (Phi) is 3.69. The minimum absolute atomic E-state index is 0.0127. The number of benzene rings is 2. The van der Waals surface area contributed by atoms with Crippen molar-refractivity contribution >= 4 is 28.4 Å². The first-order valence-electron chi connectivity index (χ1n) is 8.42. The lowest BCUT2D eigenvalue weighted by Gasteiger charge is -2.41. The number of rotatable bonds is 3. The van der Waals surface area contributed by atoms with Crippen molar-refractivity contribution in [1.29, 1.82) is 0 Å². The van der Waals surface area contributed by atoms with E-state index in [4.69, 9.17) is 0 Å². The Labute approximate surface area is 154 Å². The van der Waals surface area contributed by atoms with Gasteiger partial charge in [-0.2, -0.15) is 0 Å². The molecule has 1 aliphatic rings. The molecule has 1 unspecified atom stereocenters. The largest absolute Gasteiger partial charge is 0.326 e. The number of hydrogen-bond acceptors (Lipinski definition) is 4. The van der Waals surface area contributed by atoms with Crippen molar-refractivity contribution in [3.05, 3.63) is 70.5 Å². The molecule has 0 spiro atoms. The summed E-state index contributed by atoms with van der Waals surface area (Å²) in [6.07, 6.45) is 0.279. The summed E-state index contributed by atoms with van der Waals surface area (Å²) in [7, 11) is 1.56. The van der Waals surface area contributed by atoms with Gasteiger partial charge in [0.25, 0.3) is 11.8 Å². The fraction of sp³-hybridized carbons (Fsp3) is 0.200. The van der Waals surface area contributed by atoms with Gasteiger partial charge < -0.3 is 4.90 Å². The van der Waals surface area contributed by atoms with Gasteiger partial charge in [0, 0.05) is 18.9 Å². The van der Waals surface area contributed by atoms with Gasteiger partial charge in [0.05, 0.1) is 5.52 Å². The predicted octanol–water partition coefficient (Wildman–Crippen LogP) is 3.91. The molecule has 0 saturated carbocycles. The van der Waals surface area contributed by atoms with E-state index in [9.17, 15) is 18.9 Å². The van der Waals surface area contributed by atoms with Crippen molar-refractivity contribution in [2.75, 3.05) is 7.05 Å². The first-order chi connectivity index (χ1) is 12.9. The molecule has 2 heterocycles. The highest BCUT2D eigenvalue weighted by Crippen LogP contribution is 2.37. The number of likely N-dealkylation sites (N-methyl/N-ethyl adjacent to an activating group) is 1. The standard InChI is InChI=1S/C20H16FN3O3/c1-20(11-12-6-4-3-5-7-12)19(26)24-16(18(25)23(20)2)10-13-15(22-27)9-8-14(21)17(13)24/h3-10H,11H2,1-2H3. The average Bonchev–Trinajstić information content (AvgIpc) is 3.08. The molecule has 0 bridgehead atoms. The van der Waals surface area contributed by atoms with E-state index in [0.717, 1.165) is 16.2 Å². The molecule has 0 radical (unpaired) electrons. The van der Waals surface area contributed by atoms with E-state index >= 15 is 0 Å². The van der Waals surface area contributed by atoms with Gasteiger partial charge in [0.1, 0.15) is 22.7 Å².